The van der Waals surface area contributed by atoms with Gasteiger partial charge in [-0.05, 0) is 32.4 Å². The molecule has 2 aromatic rings. The predicted molar refractivity (Wildman–Crippen MR) is 106 cm³/mol. The minimum Gasteiger partial charge on any atom is -0.505 e. The number of phenolic OH excluding ortho intramolecular Hbond substituents is 1. The van der Waals surface area contributed by atoms with Crippen LogP contribution >= 0.6 is 0 Å². The van der Waals surface area contributed by atoms with Crippen molar-refractivity contribution in [3.8, 4) is 5.75 Å². The van der Waals surface area contributed by atoms with Crippen LogP contribution in [-0.2, 0) is 0 Å². The quantitative estimate of drug-likeness (QED) is 0.582. The second kappa shape index (κ2) is 10.4. The lowest BCUT2D eigenvalue weighted by atomic mass is 9.96. The first kappa shape index (κ1) is 19.7. The number of pyridine rings is 1. The number of aromatic nitrogens is 1. The Morgan fingerprint density at radius 2 is 1.68 bits per heavy atom. The van der Waals surface area contributed by atoms with Crippen molar-refractivity contribution in [2.45, 2.75) is 71.8 Å². The maximum absolute atomic E-state index is 10.9. The number of rotatable bonds is 11. The lowest BCUT2D eigenvalue weighted by Crippen LogP contribution is -3.11. The molecule has 3 nitrogen and oxygen atoms in total. The molecule has 1 heterocycles. The largest absolute Gasteiger partial charge is 0.505 e. The fourth-order valence-corrected chi connectivity index (χ4v) is 3.88. The van der Waals surface area contributed by atoms with Crippen molar-refractivity contribution < 1.29 is 10.0 Å². The number of hydrogen-bond acceptors (Lipinski definition) is 2. The second-order valence-electron chi connectivity index (χ2n) is 7.05. The summed E-state index contributed by atoms with van der Waals surface area (Å²) in [5.74, 6) is 0.383. The van der Waals surface area contributed by atoms with Crippen molar-refractivity contribution in [3.63, 3.8) is 0 Å². The molecule has 3 heteroatoms. The number of fused-ring (bicyclic) bond motifs is 1. The maximum atomic E-state index is 10.9. The minimum atomic E-state index is 0.354. The SMILES string of the molecule is CCCCCCCCC(c1ccc2cccnc2c1O)[NH+](CC)CC. The van der Waals surface area contributed by atoms with E-state index in [1.807, 2.05) is 12.1 Å². The molecular formula is C22H35N2O+. The molecule has 0 aliphatic rings. The Hall–Kier alpha value is -1.61. The number of hydrogen-bond donors (Lipinski definition) is 2. The Balaban J connectivity index is 2.16. The van der Waals surface area contributed by atoms with Crippen LogP contribution in [0, 0.1) is 0 Å². The van der Waals surface area contributed by atoms with Gasteiger partial charge in [0.25, 0.3) is 0 Å². The fraction of sp³-hybridized carbons (Fsp3) is 0.591. The molecule has 1 unspecified atom stereocenters. The van der Waals surface area contributed by atoms with E-state index in [-0.39, 0.29) is 0 Å². The molecule has 138 valence electrons. The van der Waals surface area contributed by atoms with Crippen molar-refractivity contribution in [1.29, 1.82) is 0 Å². The number of quaternary nitrogens is 1. The van der Waals surface area contributed by atoms with E-state index < -0.39 is 0 Å². The first-order valence-electron chi connectivity index (χ1n) is 10.1. The van der Waals surface area contributed by atoms with E-state index in [1.165, 1.54) is 38.5 Å². The van der Waals surface area contributed by atoms with E-state index in [9.17, 15) is 5.11 Å². The van der Waals surface area contributed by atoms with Gasteiger partial charge in [-0.2, -0.15) is 0 Å². The lowest BCUT2D eigenvalue weighted by Gasteiger charge is -2.28. The zero-order valence-corrected chi connectivity index (χ0v) is 16.2. The van der Waals surface area contributed by atoms with Gasteiger partial charge in [-0.1, -0.05) is 51.2 Å². The molecule has 0 fully saturated rings. The highest BCUT2D eigenvalue weighted by Gasteiger charge is 2.25. The van der Waals surface area contributed by atoms with Crippen molar-refractivity contribution in [2.75, 3.05) is 13.1 Å². The first-order valence-corrected chi connectivity index (χ1v) is 10.1. The number of phenols is 1. The fourth-order valence-electron chi connectivity index (χ4n) is 3.88. The summed E-state index contributed by atoms with van der Waals surface area (Å²) < 4.78 is 0. The summed E-state index contributed by atoms with van der Waals surface area (Å²) in [6.07, 6.45) is 10.8. The van der Waals surface area contributed by atoms with Gasteiger partial charge in [-0.3, -0.25) is 4.98 Å². The molecule has 25 heavy (non-hydrogen) atoms. The summed E-state index contributed by atoms with van der Waals surface area (Å²) in [6, 6.07) is 8.51. The van der Waals surface area contributed by atoms with Gasteiger partial charge >= 0.3 is 0 Å². The molecule has 0 radical (unpaired) electrons. The van der Waals surface area contributed by atoms with E-state index in [0.717, 1.165) is 36.0 Å². The molecule has 2 N–H and O–H groups in total. The van der Waals surface area contributed by atoms with Crippen LogP contribution in [0.1, 0.15) is 77.3 Å². The summed E-state index contributed by atoms with van der Waals surface area (Å²) in [6.45, 7) is 8.90. The molecule has 0 saturated heterocycles. The zero-order chi connectivity index (χ0) is 18.1. The first-order chi connectivity index (χ1) is 12.2. The van der Waals surface area contributed by atoms with Crippen LogP contribution in [-0.4, -0.2) is 23.2 Å². The van der Waals surface area contributed by atoms with Crippen LogP contribution in [0.5, 0.6) is 5.75 Å². The molecule has 0 spiro atoms. The van der Waals surface area contributed by atoms with E-state index in [4.69, 9.17) is 0 Å². The highest BCUT2D eigenvalue weighted by atomic mass is 16.3. The third-order valence-electron chi connectivity index (χ3n) is 5.40. The molecule has 0 aliphatic carbocycles. The Morgan fingerprint density at radius 3 is 2.40 bits per heavy atom. The normalized spacial score (nSPS) is 12.8. The maximum Gasteiger partial charge on any atom is 0.150 e. The lowest BCUT2D eigenvalue weighted by molar-refractivity contribution is -0.928. The molecule has 0 bridgehead atoms. The molecule has 0 saturated carbocycles. The van der Waals surface area contributed by atoms with Gasteiger partial charge in [0.2, 0.25) is 0 Å². The Bertz CT molecular complexity index is 637. The predicted octanol–water partition coefficient (Wildman–Crippen LogP) is 4.66. The summed E-state index contributed by atoms with van der Waals surface area (Å²) >= 11 is 0. The highest BCUT2D eigenvalue weighted by molar-refractivity contribution is 5.85. The summed E-state index contributed by atoms with van der Waals surface area (Å²) in [5.41, 5.74) is 1.80. The summed E-state index contributed by atoms with van der Waals surface area (Å²) in [7, 11) is 0. The van der Waals surface area contributed by atoms with Gasteiger partial charge in [0.05, 0.1) is 18.7 Å². The van der Waals surface area contributed by atoms with Crippen LogP contribution in [0.3, 0.4) is 0 Å². The van der Waals surface area contributed by atoms with E-state index >= 15 is 0 Å². The molecule has 1 aromatic carbocycles. The standard InChI is InChI=1S/C22H34N2O/c1-4-7-8-9-10-11-14-20(24(5-2)6-3)19-16-15-18-13-12-17-23-21(18)22(19)25/h12-13,15-17,20,25H,4-11,14H2,1-3H3/p+1. The van der Waals surface area contributed by atoms with Gasteiger partial charge in [0.1, 0.15) is 11.6 Å². The van der Waals surface area contributed by atoms with Crippen LogP contribution in [0.25, 0.3) is 10.9 Å². The average Bonchev–Trinajstić information content (AvgIpc) is 2.65. The summed E-state index contributed by atoms with van der Waals surface area (Å²) in [4.78, 5) is 5.95. The van der Waals surface area contributed by atoms with Crippen molar-refractivity contribution >= 4 is 10.9 Å². The zero-order valence-electron chi connectivity index (χ0n) is 16.2. The van der Waals surface area contributed by atoms with E-state index in [0.29, 0.717) is 11.8 Å². The Morgan fingerprint density at radius 1 is 0.960 bits per heavy atom. The summed E-state index contributed by atoms with van der Waals surface area (Å²) in [5, 5.41) is 11.9. The monoisotopic (exact) mass is 343 g/mol. The van der Waals surface area contributed by atoms with Crippen molar-refractivity contribution in [1.82, 2.24) is 4.98 Å². The van der Waals surface area contributed by atoms with Crippen LogP contribution in [0.2, 0.25) is 0 Å². The number of unbranched alkanes of at least 4 members (excludes halogenated alkanes) is 5. The van der Waals surface area contributed by atoms with Gasteiger partial charge in [0.15, 0.2) is 5.75 Å². The molecular weight excluding hydrogens is 308 g/mol. The number of nitrogens with one attached hydrogen (secondary N) is 1. The number of aromatic hydroxyl groups is 1. The highest BCUT2D eigenvalue weighted by Crippen LogP contribution is 2.32. The molecule has 0 aliphatic heterocycles. The van der Waals surface area contributed by atoms with Crippen LogP contribution in [0.4, 0.5) is 0 Å². The van der Waals surface area contributed by atoms with Gasteiger partial charge in [-0.25, -0.2) is 0 Å². The topological polar surface area (TPSA) is 37.6 Å². The third-order valence-corrected chi connectivity index (χ3v) is 5.40. The van der Waals surface area contributed by atoms with Gasteiger partial charge in [-0.15, -0.1) is 0 Å². The van der Waals surface area contributed by atoms with Crippen molar-refractivity contribution in [3.05, 3.63) is 36.0 Å². The van der Waals surface area contributed by atoms with E-state index in [2.05, 4.69) is 37.9 Å². The van der Waals surface area contributed by atoms with Gasteiger partial charge < -0.3 is 10.0 Å². The average molecular weight is 344 g/mol. The molecule has 1 aromatic heterocycles. The smallest absolute Gasteiger partial charge is 0.150 e. The molecule has 1 atom stereocenters. The van der Waals surface area contributed by atoms with Gasteiger partial charge in [0, 0.05) is 18.0 Å². The minimum absolute atomic E-state index is 0.354. The number of benzene rings is 1. The molecule has 0 amide bonds. The Kier molecular flexibility index (Phi) is 8.20. The van der Waals surface area contributed by atoms with Crippen LogP contribution in [0.15, 0.2) is 30.5 Å². The molecule has 2 rings (SSSR count). The van der Waals surface area contributed by atoms with Crippen LogP contribution < -0.4 is 4.90 Å². The third kappa shape index (κ3) is 5.18. The van der Waals surface area contributed by atoms with E-state index in [1.54, 1.807) is 11.1 Å². The Labute approximate surface area is 153 Å². The number of nitrogens with zero attached hydrogens (tertiary/aromatic N) is 1. The second-order valence-corrected chi connectivity index (χ2v) is 7.05. The van der Waals surface area contributed by atoms with Crippen molar-refractivity contribution in [2.24, 2.45) is 0 Å².